The third-order valence-corrected chi connectivity index (χ3v) is 6.65. The molecule has 2 aromatic carbocycles. The highest BCUT2D eigenvalue weighted by Gasteiger charge is 2.51. The van der Waals surface area contributed by atoms with Gasteiger partial charge < -0.3 is 23.8 Å². The summed E-state index contributed by atoms with van der Waals surface area (Å²) in [6.45, 7) is 9.02. The fourth-order valence-electron chi connectivity index (χ4n) is 5.03. The second-order valence-corrected chi connectivity index (χ2v) is 9.01. The molecule has 0 aliphatic carbocycles. The Bertz CT molecular complexity index is 1110. The third kappa shape index (κ3) is 4.28. The molecule has 34 heavy (non-hydrogen) atoms. The molecule has 0 radical (unpaired) electrons. The van der Waals surface area contributed by atoms with E-state index in [1.165, 1.54) is 12.5 Å². The maximum Gasteiger partial charge on any atom is 0.342 e. The fourth-order valence-corrected chi connectivity index (χ4v) is 5.03. The van der Waals surface area contributed by atoms with E-state index in [4.69, 9.17) is 18.9 Å². The van der Waals surface area contributed by atoms with Crippen molar-refractivity contribution in [3.05, 3.63) is 65.7 Å². The predicted molar refractivity (Wildman–Crippen MR) is 127 cm³/mol. The van der Waals surface area contributed by atoms with E-state index >= 15 is 0 Å². The van der Waals surface area contributed by atoms with Gasteiger partial charge in [0.2, 0.25) is 0 Å². The lowest BCUT2D eigenvalue weighted by molar-refractivity contribution is -0.131. The Kier molecular flexibility index (Phi) is 6.66. The molecule has 7 heteroatoms. The summed E-state index contributed by atoms with van der Waals surface area (Å²) in [4.78, 5) is 26.6. The number of para-hydroxylation sites is 1. The van der Waals surface area contributed by atoms with E-state index in [2.05, 4.69) is 24.6 Å². The molecule has 180 valence electrons. The molecule has 0 N–H and O–H groups in total. The molecule has 0 saturated heterocycles. The normalized spacial score (nSPS) is 22.1. The zero-order valence-corrected chi connectivity index (χ0v) is 20.1. The molecule has 0 spiro atoms. The van der Waals surface area contributed by atoms with Crippen LogP contribution in [0.15, 0.2) is 49.1 Å². The van der Waals surface area contributed by atoms with Crippen molar-refractivity contribution >= 4 is 11.9 Å². The molecule has 0 fully saturated rings. The van der Waals surface area contributed by atoms with Crippen molar-refractivity contribution in [3.63, 3.8) is 0 Å². The summed E-state index contributed by atoms with van der Waals surface area (Å²) in [5.41, 5.74) is 2.10. The molecule has 2 aliphatic rings. The van der Waals surface area contributed by atoms with Gasteiger partial charge in [0.15, 0.2) is 11.5 Å². The van der Waals surface area contributed by atoms with Crippen molar-refractivity contribution in [3.8, 4) is 17.2 Å². The molecule has 0 amide bonds. The molecule has 7 nitrogen and oxygen atoms in total. The van der Waals surface area contributed by atoms with E-state index in [-0.39, 0.29) is 17.4 Å². The van der Waals surface area contributed by atoms with Crippen LogP contribution >= 0.6 is 0 Å². The van der Waals surface area contributed by atoms with Crippen molar-refractivity contribution in [2.24, 2.45) is 0 Å². The van der Waals surface area contributed by atoms with Gasteiger partial charge in [0.05, 0.1) is 12.5 Å². The lowest BCUT2D eigenvalue weighted by Crippen LogP contribution is -2.40. The van der Waals surface area contributed by atoms with Gasteiger partial charge in [0, 0.05) is 25.5 Å². The minimum atomic E-state index is -0.550. The van der Waals surface area contributed by atoms with Crippen LogP contribution in [0.4, 0.5) is 0 Å². The van der Waals surface area contributed by atoms with Crippen LogP contribution in [-0.4, -0.2) is 49.7 Å². The monoisotopic (exact) mass is 465 g/mol. The summed E-state index contributed by atoms with van der Waals surface area (Å²) >= 11 is 0. The number of esters is 2. The first-order chi connectivity index (χ1) is 16.3. The van der Waals surface area contributed by atoms with Gasteiger partial charge in [-0.05, 0) is 50.7 Å². The molecule has 2 aliphatic heterocycles. The number of rotatable bonds is 7. The molecular weight excluding hydrogens is 434 g/mol. The molecule has 2 heterocycles. The average Bonchev–Trinajstić information content (AvgIpc) is 3.03. The van der Waals surface area contributed by atoms with Gasteiger partial charge in [-0.1, -0.05) is 24.3 Å². The van der Waals surface area contributed by atoms with Crippen molar-refractivity contribution in [1.82, 2.24) is 4.90 Å². The molecule has 0 saturated carbocycles. The van der Waals surface area contributed by atoms with Crippen molar-refractivity contribution in [2.45, 2.75) is 50.9 Å². The first-order valence-corrected chi connectivity index (χ1v) is 11.5. The first-order valence-electron chi connectivity index (χ1n) is 11.5. The van der Waals surface area contributed by atoms with Crippen LogP contribution in [-0.2, 0) is 21.5 Å². The minimum absolute atomic E-state index is 0.181. The Morgan fingerprint density at radius 1 is 1.26 bits per heavy atom. The van der Waals surface area contributed by atoms with Crippen LogP contribution in [0.2, 0.25) is 0 Å². The van der Waals surface area contributed by atoms with Gasteiger partial charge >= 0.3 is 11.9 Å². The Morgan fingerprint density at radius 3 is 2.74 bits per heavy atom. The van der Waals surface area contributed by atoms with E-state index < -0.39 is 23.5 Å². The standard InChI is InChI=1S/C27H31NO6/c1-6-27-13-14-28(4)16-19-11-12-22(31-5)25(24(19)27)34-23(27)15-17(2)32-26(30)20-9-7-8-10-21(20)33-18(3)29/h6-12,17,23H,1,13-16H2,2-5H3/t17-,23?,27-/m0/s1. The van der Waals surface area contributed by atoms with E-state index in [1.54, 1.807) is 31.4 Å². The quantitative estimate of drug-likeness (QED) is 0.343. The number of ether oxygens (including phenoxy) is 4. The number of hydrogen-bond acceptors (Lipinski definition) is 7. The predicted octanol–water partition coefficient (Wildman–Crippen LogP) is 4.28. The molecular formula is C27H31NO6. The summed E-state index contributed by atoms with van der Waals surface area (Å²) in [5.74, 6) is 0.573. The molecule has 2 aromatic rings. The topological polar surface area (TPSA) is 74.3 Å². The van der Waals surface area contributed by atoms with Crippen LogP contribution in [0.5, 0.6) is 17.2 Å². The van der Waals surface area contributed by atoms with Gasteiger partial charge in [0.25, 0.3) is 0 Å². The van der Waals surface area contributed by atoms with Crippen molar-refractivity contribution in [1.29, 1.82) is 0 Å². The Hall–Kier alpha value is -3.32. The average molecular weight is 466 g/mol. The third-order valence-electron chi connectivity index (χ3n) is 6.65. The van der Waals surface area contributed by atoms with Gasteiger partial charge in [-0.25, -0.2) is 4.79 Å². The maximum atomic E-state index is 12.9. The summed E-state index contributed by atoms with van der Waals surface area (Å²) in [7, 11) is 3.74. The SMILES string of the molecule is C=C[C@@]12CCN(C)Cc3ccc(OC)c(c31)OC2C[C@H](C)OC(=O)c1ccccc1OC(C)=O. The fraction of sp³-hybridized carbons (Fsp3) is 0.407. The summed E-state index contributed by atoms with van der Waals surface area (Å²) in [6, 6.07) is 10.6. The van der Waals surface area contributed by atoms with Crippen LogP contribution in [0, 0.1) is 0 Å². The summed E-state index contributed by atoms with van der Waals surface area (Å²) < 4.78 is 23.0. The molecule has 1 unspecified atom stereocenters. The van der Waals surface area contributed by atoms with Crippen molar-refractivity contribution < 1.29 is 28.5 Å². The Labute approximate surface area is 200 Å². The zero-order valence-electron chi connectivity index (χ0n) is 20.1. The second-order valence-electron chi connectivity index (χ2n) is 9.01. The lowest BCUT2D eigenvalue weighted by Gasteiger charge is -2.32. The molecule has 0 aromatic heterocycles. The summed E-state index contributed by atoms with van der Waals surface area (Å²) in [5, 5.41) is 0. The number of hydrogen-bond donors (Lipinski definition) is 0. The number of methoxy groups -OCH3 is 1. The van der Waals surface area contributed by atoms with Gasteiger partial charge in [-0.15, -0.1) is 6.58 Å². The Balaban J connectivity index is 1.59. The van der Waals surface area contributed by atoms with E-state index in [9.17, 15) is 9.59 Å². The summed E-state index contributed by atoms with van der Waals surface area (Å²) in [6.07, 6.45) is 2.56. The van der Waals surface area contributed by atoms with Crippen LogP contribution in [0.25, 0.3) is 0 Å². The molecule has 0 bridgehead atoms. The highest BCUT2D eigenvalue weighted by atomic mass is 16.6. The highest BCUT2D eigenvalue weighted by molar-refractivity contribution is 5.93. The molecule has 3 atom stereocenters. The first kappa shape index (κ1) is 23.8. The van der Waals surface area contributed by atoms with E-state index in [0.717, 1.165) is 30.8 Å². The number of carbonyl (C=O) groups is 2. The largest absolute Gasteiger partial charge is 0.493 e. The smallest absolute Gasteiger partial charge is 0.342 e. The van der Waals surface area contributed by atoms with E-state index in [0.29, 0.717) is 12.2 Å². The number of benzene rings is 2. The highest BCUT2D eigenvalue weighted by Crippen LogP contribution is 2.54. The minimum Gasteiger partial charge on any atom is -0.493 e. The van der Waals surface area contributed by atoms with Crippen molar-refractivity contribution in [2.75, 3.05) is 20.7 Å². The zero-order chi connectivity index (χ0) is 24.5. The van der Waals surface area contributed by atoms with Crippen LogP contribution in [0.3, 0.4) is 0 Å². The van der Waals surface area contributed by atoms with Gasteiger partial charge in [-0.2, -0.15) is 0 Å². The van der Waals surface area contributed by atoms with Crippen LogP contribution < -0.4 is 14.2 Å². The second kappa shape index (κ2) is 9.50. The number of carbonyl (C=O) groups excluding carboxylic acids is 2. The lowest BCUT2D eigenvalue weighted by atomic mass is 9.72. The van der Waals surface area contributed by atoms with Gasteiger partial charge in [0.1, 0.15) is 23.5 Å². The Morgan fingerprint density at radius 2 is 2.03 bits per heavy atom. The molecule has 4 rings (SSSR count). The van der Waals surface area contributed by atoms with Crippen LogP contribution in [0.1, 0.15) is 48.2 Å². The maximum absolute atomic E-state index is 12.9. The van der Waals surface area contributed by atoms with E-state index in [1.807, 2.05) is 19.1 Å². The number of nitrogens with zero attached hydrogens (tertiary/aromatic N) is 1. The van der Waals surface area contributed by atoms with Gasteiger partial charge in [-0.3, -0.25) is 4.79 Å².